The third-order valence-electron chi connectivity index (χ3n) is 2.06. The summed E-state index contributed by atoms with van der Waals surface area (Å²) < 4.78 is 10.2. The number of anilines is 1. The van der Waals surface area contributed by atoms with E-state index in [4.69, 9.17) is 9.47 Å². The Morgan fingerprint density at radius 2 is 1.94 bits per heavy atom. The van der Waals surface area contributed by atoms with Gasteiger partial charge in [-0.2, -0.15) is 0 Å². The Labute approximate surface area is 91.5 Å². The number of hydrogen-bond acceptors (Lipinski definition) is 4. The zero-order chi connectivity index (χ0) is 11.5. The zero-order valence-corrected chi connectivity index (χ0v) is 8.57. The van der Waals surface area contributed by atoms with Gasteiger partial charge >= 0.3 is 11.8 Å². The lowest BCUT2D eigenvalue weighted by atomic mass is 10.3. The van der Waals surface area contributed by atoms with Crippen LogP contribution in [0.3, 0.4) is 0 Å². The fourth-order valence-electron chi connectivity index (χ4n) is 1.28. The molecule has 1 aliphatic rings. The quantitative estimate of drug-likeness (QED) is 0.661. The van der Waals surface area contributed by atoms with Crippen LogP contribution in [0.4, 0.5) is 5.69 Å². The van der Waals surface area contributed by atoms with Gasteiger partial charge in [-0.05, 0) is 12.1 Å². The lowest BCUT2D eigenvalue weighted by Crippen LogP contribution is -2.32. The average molecular weight is 222 g/mol. The molecule has 16 heavy (non-hydrogen) atoms. The van der Waals surface area contributed by atoms with Gasteiger partial charge in [0.05, 0.1) is 0 Å². The Kier molecular flexibility index (Phi) is 2.63. The number of amides is 2. The second-order valence-corrected chi connectivity index (χ2v) is 3.10. The molecule has 1 aliphatic heterocycles. The minimum Gasteiger partial charge on any atom is -0.454 e. The average Bonchev–Trinajstić information content (AvgIpc) is 2.75. The zero-order valence-electron chi connectivity index (χ0n) is 8.57. The number of hydrogen-bond donors (Lipinski definition) is 2. The van der Waals surface area contributed by atoms with Crippen LogP contribution in [-0.4, -0.2) is 25.7 Å². The van der Waals surface area contributed by atoms with Crippen molar-refractivity contribution in [2.24, 2.45) is 0 Å². The topological polar surface area (TPSA) is 76.7 Å². The number of fused-ring (bicyclic) bond motifs is 1. The molecule has 0 radical (unpaired) electrons. The smallest absolute Gasteiger partial charge is 0.313 e. The molecule has 6 heteroatoms. The van der Waals surface area contributed by atoms with Crippen LogP contribution in [0.25, 0.3) is 0 Å². The van der Waals surface area contributed by atoms with E-state index in [-0.39, 0.29) is 6.79 Å². The van der Waals surface area contributed by atoms with Crippen molar-refractivity contribution >= 4 is 17.5 Å². The van der Waals surface area contributed by atoms with Gasteiger partial charge in [-0.3, -0.25) is 9.59 Å². The summed E-state index contributed by atoms with van der Waals surface area (Å²) in [5.41, 5.74) is 0.484. The van der Waals surface area contributed by atoms with Crippen LogP contribution < -0.4 is 20.1 Å². The predicted octanol–water partition coefficient (Wildman–Crippen LogP) is 0.0998. The maximum atomic E-state index is 11.2. The van der Waals surface area contributed by atoms with Crippen molar-refractivity contribution in [3.8, 4) is 11.5 Å². The molecule has 1 heterocycles. The van der Waals surface area contributed by atoms with E-state index in [1.807, 2.05) is 0 Å². The van der Waals surface area contributed by atoms with Crippen molar-refractivity contribution in [3.63, 3.8) is 0 Å². The predicted molar refractivity (Wildman–Crippen MR) is 55.3 cm³/mol. The van der Waals surface area contributed by atoms with Crippen molar-refractivity contribution in [2.75, 3.05) is 19.2 Å². The summed E-state index contributed by atoms with van der Waals surface area (Å²) in [4.78, 5) is 22.2. The summed E-state index contributed by atoms with van der Waals surface area (Å²) in [5.74, 6) is -0.244. The molecule has 2 rings (SSSR count). The molecular weight excluding hydrogens is 212 g/mol. The maximum absolute atomic E-state index is 11.2. The van der Waals surface area contributed by atoms with E-state index in [0.29, 0.717) is 17.2 Å². The Morgan fingerprint density at radius 1 is 1.19 bits per heavy atom. The molecule has 0 fully saturated rings. The lowest BCUT2D eigenvalue weighted by molar-refractivity contribution is -0.135. The summed E-state index contributed by atoms with van der Waals surface area (Å²) >= 11 is 0. The molecule has 6 nitrogen and oxygen atoms in total. The fraction of sp³-hybridized carbons (Fsp3) is 0.200. The third kappa shape index (κ3) is 1.90. The van der Waals surface area contributed by atoms with Crippen LogP contribution in [0.2, 0.25) is 0 Å². The first-order chi connectivity index (χ1) is 7.70. The van der Waals surface area contributed by atoms with Gasteiger partial charge in [0.15, 0.2) is 11.5 Å². The van der Waals surface area contributed by atoms with Crippen molar-refractivity contribution in [1.29, 1.82) is 0 Å². The van der Waals surface area contributed by atoms with Gasteiger partial charge in [0.25, 0.3) is 0 Å². The SMILES string of the molecule is CNC(=O)C(=O)Nc1ccc2c(c1)OCO2. The second-order valence-electron chi connectivity index (χ2n) is 3.10. The van der Waals surface area contributed by atoms with Crippen LogP contribution in [0, 0.1) is 0 Å². The molecule has 84 valence electrons. The minimum atomic E-state index is -0.721. The first kappa shape index (κ1) is 10.3. The van der Waals surface area contributed by atoms with E-state index in [1.54, 1.807) is 18.2 Å². The largest absolute Gasteiger partial charge is 0.454 e. The number of carbonyl (C=O) groups is 2. The van der Waals surface area contributed by atoms with Crippen LogP contribution in [0.1, 0.15) is 0 Å². The van der Waals surface area contributed by atoms with Gasteiger partial charge < -0.3 is 20.1 Å². The molecule has 0 bridgehead atoms. The molecule has 0 saturated heterocycles. The summed E-state index contributed by atoms with van der Waals surface area (Å²) in [5, 5.41) is 4.67. The molecule has 0 spiro atoms. The molecule has 1 aromatic rings. The summed E-state index contributed by atoms with van der Waals surface area (Å²) in [7, 11) is 1.39. The lowest BCUT2D eigenvalue weighted by Gasteiger charge is -2.04. The highest BCUT2D eigenvalue weighted by molar-refractivity contribution is 6.39. The summed E-state index contributed by atoms with van der Waals surface area (Å²) in [6.07, 6.45) is 0. The van der Waals surface area contributed by atoms with Crippen LogP contribution >= 0.6 is 0 Å². The minimum absolute atomic E-state index is 0.169. The Balaban J connectivity index is 2.11. The van der Waals surface area contributed by atoms with Crippen molar-refractivity contribution in [2.45, 2.75) is 0 Å². The van der Waals surface area contributed by atoms with E-state index in [1.165, 1.54) is 7.05 Å². The number of likely N-dealkylation sites (N-methyl/N-ethyl adjacent to an activating group) is 1. The molecule has 0 saturated carbocycles. The number of rotatable bonds is 1. The van der Waals surface area contributed by atoms with Gasteiger partial charge in [-0.25, -0.2) is 0 Å². The molecule has 0 aromatic heterocycles. The summed E-state index contributed by atoms with van der Waals surface area (Å²) in [6, 6.07) is 4.90. The Morgan fingerprint density at radius 3 is 2.69 bits per heavy atom. The van der Waals surface area contributed by atoms with E-state index in [2.05, 4.69) is 10.6 Å². The molecule has 1 aromatic carbocycles. The Bertz CT molecular complexity index is 444. The molecule has 0 atom stereocenters. The monoisotopic (exact) mass is 222 g/mol. The van der Waals surface area contributed by atoms with Crippen molar-refractivity contribution < 1.29 is 19.1 Å². The van der Waals surface area contributed by atoms with Crippen LogP contribution in [-0.2, 0) is 9.59 Å². The number of benzene rings is 1. The third-order valence-corrected chi connectivity index (χ3v) is 2.06. The Hall–Kier alpha value is -2.24. The fourth-order valence-corrected chi connectivity index (χ4v) is 1.28. The van der Waals surface area contributed by atoms with E-state index >= 15 is 0 Å². The number of ether oxygens (including phenoxy) is 2. The van der Waals surface area contributed by atoms with Crippen molar-refractivity contribution in [3.05, 3.63) is 18.2 Å². The summed E-state index contributed by atoms with van der Waals surface area (Å²) in [6.45, 7) is 0.169. The number of nitrogens with one attached hydrogen (secondary N) is 2. The van der Waals surface area contributed by atoms with Gasteiger partial charge in [-0.1, -0.05) is 0 Å². The van der Waals surface area contributed by atoms with Crippen LogP contribution in [0.5, 0.6) is 11.5 Å². The van der Waals surface area contributed by atoms with Crippen LogP contribution in [0.15, 0.2) is 18.2 Å². The normalized spacial score (nSPS) is 12.1. The first-order valence-electron chi connectivity index (χ1n) is 4.63. The molecule has 2 N–H and O–H groups in total. The van der Waals surface area contributed by atoms with Gasteiger partial charge in [-0.15, -0.1) is 0 Å². The highest BCUT2D eigenvalue weighted by Gasteiger charge is 2.16. The van der Waals surface area contributed by atoms with Gasteiger partial charge in [0.1, 0.15) is 0 Å². The van der Waals surface area contributed by atoms with Gasteiger partial charge in [0.2, 0.25) is 6.79 Å². The van der Waals surface area contributed by atoms with E-state index in [9.17, 15) is 9.59 Å². The molecular formula is C10H10N2O4. The van der Waals surface area contributed by atoms with Crippen molar-refractivity contribution in [1.82, 2.24) is 5.32 Å². The molecule has 2 amide bonds. The standard InChI is InChI=1S/C10H10N2O4/c1-11-9(13)10(14)12-6-2-3-7-8(4-6)16-5-15-7/h2-4H,5H2,1H3,(H,11,13)(H,12,14). The maximum Gasteiger partial charge on any atom is 0.313 e. The highest BCUT2D eigenvalue weighted by atomic mass is 16.7. The highest BCUT2D eigenvalue weighted by Crippen LogP contribution is 2.34. The second kappa shape index (κ2) is 4.09. The molecule has 0 unspecified atom stereocenters. The van der Waals surface area contributed by atoms with E-state index in [0.717, 1.165) is 0 Å². The van der Waals surface area contributed by atoms with Gasteiger partial charge in [0, 0.05) is 18.8 Å². The number of carbonyl (C=O) groups excluding carboxylic acids is 2. The first-order valence-corrected chi connectivity index (χ1v) is 4.63. The van der Waals surface area contributed by atoms with E-state index < -0.39 is 11.8 Å². The molecule has 0 aliphatic carbocycles.